The van der Waals surface area contributed by atoms with Crippen molar-refractivity contribution in [3.8, 4) is 5.75 Å². The summed E-state index contributed by atoms with van der Waals surface area (Å²) >= 11 is 0. The summed E-state index contributed by atoms with van der Waals surface area (Å²) in [5, 5.41) is 3.25. The number of hydrogen-bond acceptors (Lipinski definition) is 9. The van der Waals surface area contributed by atoms with E-state index in [0.717, 1.165) is 50.4 Å². The van der Waals surface area contributed by atoms with Gasteiger partial charge in [-0.2, -0.15) is 4.98 Å². The second kappa shape index (κ2) is 11.2. The number of hydrogen-bond donors (Lipinski definition) is 1. The van der Waals surface area contributed by atoms with Gasteiger partial charge >= 0.3 is 0 Å². The number of piperazine rings is 1. The number of aromatic nitrogens is 4. The molecule has 2 aliphatic rings. The number of piperidine rings is 1. The van der Waals surface area contributed by atoms with E-state index in [-0.39, 0.29) is 17.4 Å². The molecule has 11 heteroatoms. The number of rotatable bonds is 7. The molecule has 2 aliphatic heterocycles. The van der Waals surface area contributed by atoms with Gasteiger partial charge in [-0.15, -0.1) is 0 Å². The molecule has 2 saturated heterocycles. The fourth-order valence-electron chi connectivity index (χ4n) is 5.16. The molecule has 0 saturated carbocycles. The molecule has 4 heterocycles. The van der Waals surface area contributed by atoms with E-state index in [4.69, 9.17) is 4.74 Å². The second-order valence-electron chi connectivity index (χ2n) is 9.91. The lowest BCUT2D eigenvalue weighted by molar-refractivity contribution is -0.127. The number of likely N-dealkylation sites (tertiary alicyclic amines) is 1. The summed E-state index contributed by atoms with van der Waals surface area (Å²) in [7, 11) is 3.78. The minimum atomic E-state index is -0.233. The lowest BCUT2D eigenvalue weighted by Gasteiger charge is -2.34. The monoisotopic (exact) mass is 518 g/mol. The molecule has 5 rings (SSSR count). The van der Waals surface area contributed by atoms with E-state index in [0.29, 0.717) is 42.5 Å². The molecule has 11 nitrogen and oxygen atoms in total. The van der Waals surface area contributed by atoms with Crippen molar-refractivity contribution in [2.45, 2.75) is 19.4 Å². The minimum absolute atomic E-state index is 0.0805. The van der Waals surface area contributed by atoms with Crippen molar-refractivity contribution in [3.63, 3.8) is 0 Å². The number of anilines is 3. The average molecular weight is 519 g/mol. The van der Waals surface area contributed by atoms with Gasteiger partial charge in [0, 0.05) is 57.6 Å². The van der Waals surface area contributed by atoms with E-state index < -0.39 is 0 Å². The minimum Gasteiger partial charge on any atom is -0.494 e. The highest BCUT2D eigenvalue weighted by molar-refractivity contribution is 5.87. The van der Waals surface area contributed by atoms with Gasteiger partial charge in [0.25, 0.3) is 5.56 Å². The van der Waals surface area contributed by atoms with Gasteiger partial charge in [-0.05, 0) is 44.0 Å². The van der Waals surface area contributed by atoms with Crippen LogP contribution in [0.2, 0.25) is 0 Å². The van der Waals surface area contributed by atoms with E-state index in [1.54, 1.807) is 22.8 Å². The first-order chi connectivity index (χ1) is 18.4. The van der Waals surface area contributed by atoms with Crippen molar-refractivity contribution in [2.24, 2.45) is 5.92 Å². The van der Waals surface area contributed by atoms with Gasteiger partial charge in [-0.1, -0.05) is 6.58 Å². The van der Waals surface area contributed by atoms with Crippen LogP contribution in [-0.4, -0.2) is 88.7 Å². The Kier molecular flexibility index (Phi) is 7.54. The van der Waals surface area contributed by atoms with Crippen LogP contribution in [0, 0.1) is 5.92 Å². The summed E-state index contributed by atoms with van der Waals surface area (Å²) in [6, 6.07) is 6.04. The highest BCUT2D eigenvalue weighted by atomic mass is 16.5. The molecule has 1 aromatic carbocycles. The number of nitrogens with one attached hydrogen (secondary N) is 1. The van der Waals surface area contributed by atoms with Crippen molar-refractivity contribution < 1.29 is 9.53 Å². The van der Waals surface area contributed by atoms with Gasteiger partial charge in [-0.3, -0.25) is 14.2 Å². The molecule has 0 radical (unpaired) electrons. The first kappa shape index (κ1) is 25.7. The summed E-state index contributed by atoms with van der Waals surface area (Å²) in [5.74, 6) is 1.08. The maximum Gasteiger partial charge on any atom is 0.270 e. The van der Waals surface area contributed by atoms with Crippen molar-refractivity contribution >= 4 is 34.4 Å². The molecule has 2 fully saturated rings. The smallest absolute Gasteiger partial charge is 0.270 e. The Morgan fingerprint density at radius 3 is 2.76 bits per heavy atom. The van der Waals surface area contributed by atoms with Gasteiger partial charge in [0.15, 0.2) is 5.65 Å². The van der Waals surface area contributed by atoms with Crippen molar-refractivity contribution in [3.05, 3.63) is 53.6 Å². The highest BCUT2D eigenvalue weighted by Gasteiger charge is 2.24. The third-order valence-corrected chi connectivity index (χ3v) is 7.33. The molecule has 200 valence electrons. The van der Waals surface area contributed by atoms with Crippen LogP contribution in [0.25, 0.3) is 11.2 Å². The molecule has 2 aromatic heterocycles. The maximum atomic E-state index is 12.9. The molecule has 1 N–H and O–H groups in total. The van der Waals surface area contributed by atoms with Gasteiger partial charge in [0.05, 0.1) is 25.2 Å². The van der Waals surface area contributed by atoms with Crippen LogP contribution in [0.15, 0.2) is 48.0 Å². The number of ether oxygens (including phenoxy) is 1. The Labute approximate surface area is 221 Å². The maximum absolute atomic E-state index is 12.9. The van der Waals surface area contributed by atoms with Crippen LogP contribution >= 0.6 is 0 Å². The Morgan fingerprint density at radius 1 is 1.18 bits per heavy atom. The largest absolute Gasteiger partial charge is 0.494 e. The normalized spacial score (nSPS) is 18.4. The lowest BCUT2D eigenvalue weighted by Crippen LogP contribution is -2.44. The van der Waals surface area contributed by atoms with E-state index in [2.05, 4.69) is 49.8 Å². The van der Waals surface area contributed by atoms with Crippen molar-refractivity contribution in [2.75, 3.05) is 63.6 Å². The number of benzene rings is 1. The molecule has 0 aliphatic carbocycles. The lowest BCUT2D eigenvalue weighted by atomic mass is 9.97. The number of carbonyl (C=O) groups excluding carboxylic acids is 1. The zero-order valence-corrected chi connectivity index (χ0v) is 22.0. The topological polar surface area (TPSA) is 109 Å². The highest BCUT2D eigenvalue weighted by Crippen LogP contribution is 2.32. The zero-order chi connectivity index (χ0) is 26.6. The molecule has 1 amide bonds. The van der Waals surface area contributed by atoms with Crippen LogP contribution in [-0.2, 0) is 11.3 Å². The molecule has 3 aromatic rings. The van der Waals surface area contributed by atoms with Crippen LogP contribution < -0.4 is 20.5 Å². The van der Waals surface area contributed by atoms with Crippen LogP contribution in [0.1, 0.15) is 12.8 Å². The average Bonchev–Trinajstić information content (AvgIpc) is 2.95. The van der Waals surface area contributed by atoms with Crippen LogP contribution in [0.4, 0.5) is 17.3 Å². The molecular weight excluding hydrogens is 484 g/mol. The first-order valence-corrected chi connectivity index (χ1v) is 13.0. The standard InChI is InChI=1S/C27H34N8O3/c1-4-24(36)34-9-5-6-19(17-34)18-35-25(37)16-28-22-15-29-27(31-26(22)35)30-21-8-7-20(14-23(21)38-3)33-12-10-32(2)11-13-33/h4,7-8,14-16,19H,1,5-6,9-13,17-18H2,2-3H3,(H,29,30,31)/t19-/m1/s1. The quantitative estimate of drug-likeness (QED) is 0.471. The third-order valence-electron chi connectivity index (χ3n) is 7.33. The predicted octanol–water partition coefficient (Wildman–Crippen LogP) is 2.12. The third kappa shape index (κ3) is 5.47. The molecule has 1 atom stereocenters. The summed E-state index contributed by atoms with van der Waals surface area (Å²) in [4.78, 5) is 44.8. The SMILES string of the molecule is C=CC(=O)N1CCC[C@@H](Cn2c(=O)cnc3cnc(Nc4ccc(N5CCN(C)CC5)cc4OC)nc32)C1. The van der Waals surface area contributed by atoms with Gasteiger partial charge in [0.2, 0.25) is 11.9 Å². The van der Waals surface area contributed by atoms with Gasteiger partial charge < -0.3 is 24.8 Å². The number of carbonyl (C=O) groups is 1. The Hall–Kier alpha value is -3.99. The number of likely N-dealkylation sites (N-methyl/N-ethyl adjacent to an activating group) is 1. The number of nitrogens with zero attached hydrogens (tertiary/aromatic N) is 7. The number of amides is 1. The molecule has 0 spiro atoms. The second-order valence-corrected chi connectivity index (χ2v) is 9.91. The van der Waals surface area contributed by atoms with Crippen molar-refractivity contribution in [1.29, 1.82) is 0 Å². The van der Waals surface area contributed by atoms with Gasteiger partial charge in [0.1, 0.15) is 11.3 Å². The van der Waals surface area contributed by atoms with Crippen LogP contribution in [0.3, 0.4) is 0 Å². The Balaban J connectivity index is 1.39. The van der Waals surface area contributed by atoms with E-state index >= 15 is 0 Å². The first-order valence-electron chi connectivity index (χ1n) is 13.0. The van der Waals surface area contributed by atoms with Gasteiger partial charge in [-0.25, -0.2) is 9.97 Å². The zero-order valence-electron chi connectivity index (χ0n) is 22.0. The fraction of sp³-hybridized carbons (Fsp3) is 0.444. The Bertz CT molecular complexity index is 1380. The summed E-state index contributed by atoms with van der Waals surface area (Å²) < 4.78 is 7.31. The number of methoxy groups -OCH3 is 1. The molecule has 38 heavy (non-hydrogen) atoms. The fourth-order valence-corrected chi connectivity index (χ4v) is 5.16. The van der Waals surface area contributed by atoms with E-state index in [1.165, 1.54) is 12.3 Å². The summed E-state index contributed by atoms with van der Waals surface area (Å²) in [6.07, 6.45) is 6.06. The van der Waals surface area contributed by atoms with E-state index in [1.807, 2.05) is 12.1 Å². The predicted molar refractivity (Wildman–Crippen MR) is 147 cm³/mol. The molecule has 0 bridgehead atoms. The number of fused-ring (bicyclic) bond motifs is 1. The van der Waals surface area contributed by atoms with Crippen LogP contribution in [0.5, 0.6) is 5.75 Å². The molecular formula is C27H34N8O3. The van der Waals surface area contributed by atoms with E-state index in [9.17, 15) is 9.59 Å². The van der Waals surface area contributed by atoms with Crippen molar-refractivity contribution in [1.82, 2.24) is 29.3 Å². The molecule has 0 unspecified atom stereocenters. The summed E-state index contributed by atoms with van der Waals surface area (Å²) in [5.41, 5.74) is 2.59. The summed E-state index contributed by atoms with van der Waals surface area (Å²) in [6.45, 7) is 9.29. The Morgan fingerprint density at radius 2 is 2.00 bits per heavy atom.